The summed E-state index contributed by atoms with van der Waals surface area (Å²) in [5.74, 6) is 2.35. The minimum absolute atomic E-state index is 0.0288. The Balaban J connectivity index is 0.000000143. The highest BCUT2D eigenvalue weighted by molar-refractivity contribution is 5.67. The number of carbonyl (C=O) groups is 5. The van der Waals surface area contributed by atoms with Crippen molar-refractivity contribution in [2.75, 3.05) is 0 Å². The summed E-state index contributed by atoms with van der Waals surface area (Å²) in [6.45, 7) is 54.0. The quantitative estimate of drug-likeness (QED) is 0.123. The summed E-state index contributed by atoms with van der Waals surface area (Å²) in [7, 11) is 0. The van der Waals surface area contributed by atoms with E-state index in [1.807, 2.05) is 0 Å². The van der Waals surface area contributed by atoms with Crippen molar-refractivity contribution in [1.82, 2.24) is 0 Å². The van der Waals surface area contributed by atoms with Gasteiger partial charge in [-0.25, -0.2) is 0 Å². The molecule has 0 spiro atoms. The molecule has 1 N–H and O–H groups in total. The van der Waals surface area contributed by atoms with Crippen molar-refractivity contribution in [3.63, 3.8) is 0 Å². The molecule has 16 nitrogen and oxygen atoms in total. The zero-order valence-electron chi connectivity index (χ0n) is 77.3. The maximum atomic E-state index is 11.7. The van der Waals surface area contributed by atoms with Crippen LogP contribution in [-0.2, 0) is 71.3 Å². The smallest absolute Gasteiger partial charge is 0.304 e. The molecule has 116 heavy (non-hydrogen) atoms. The second kappa shape index (κ2) is 35.7. The normalized spacial score (nSPS) is 43.8. The number of allylic oxidation sites excluding steroid dienone is 6. The van der Waals surface area contributed by atoms with Crippen LogP contribution in [0.1, 0.15) is 372 Å². The van der Waals surface area contributed by atoms with E-state index in [2.05, 4.69) is 163 Å². The second-order valence-electron chi connectivity index (χ2n) is 45.9. The Bertz CT molecular complexity index is 3380. The van der Waals surface area contributed by atoms with Gasteiger partial charge in [-0.05, 0) is 273 Å². The molecule has 658 valence electrons. The topological polar surface area (TPSA) is 198 Å². The molecule has 0 bridgehead atoms. The molecule has 5 saturated heterocycles. The van der Waals surface area contributed by atoms with E-state index in [9.17, 15) is 29.1 Å². The van der Waals surface area contributed by atoms with Crippen molar-refractivity contribution in [3.8, 4) is 0 Å². The van der Waals surface area contributed by atoms with Crippen LogP contribution < -0.4 is 0 Å². The van der Waals surface area contributed by atoms with Gasteiger partial charge >= 0.3 is 29.8 Å². The van der Waals surface area contributed by atoms with Gasteiger partial charge in [-0.3, -0.25) is 24.0 Å². The first kappa shape index (κ1) is 92.8. The summed E-state index contributed by atoms with van der Waals surface area (Å²) in [5.41, 5.74) is 9.31. The monoisotopic (exact) mass is 1620 g/mol. The van der Waals surface area contributed by atoms with Crippen LogP contribution in [0.25, 0.3) is 0 Å². The van der Waals surface area contributed by atoms with Crippen molar-refractivity contribution in [3.05, 3.63) is 46.6 Å². The minimum atomic E-state index is -0.630. The summed E-state index contributed by atoms with van der Waals surface area (Å²) >= 11 is 0. The molecule has 11 fully saturated rings. The van der Waals surface area contributed by atoms with Crippen molar-refractivity contribution in [1.29, 1.82) is 0 Å². The van der Waals surface area contributed by atoms with Crippen LogP contribution in [0.2, 0.25) is 0 Å². The number of carbonyl (C=O) groups excluding carboxylic acids is 5. The van der Waals surface area contributed by atoms with Gasteiger partial charge in [-0.2, -0.15) is 0 Å². The fraction of sp³-hybridized carbons (Fsp3) is 0.870. The minimum Gasteiger partial charge on any atom is -0.436 e. The van der Waals surface area contributed by atoms with Crippen molar-refractivity contribution < 1.29 is 76.4 Å². The molecule has 0 radical (unpaired) electrons. The first-order chi connectivity index (χ1) is 53.9. The number of rotatable bonds is 10. The molecule has 0 aromatic carbocycles. The number of hydrogen-bond acceptors (Lipinski definition) is 16. The fourth-order valence-electron chi connectivity index (χ4n) is 27.6. The third-order valence-electron chi connectivity index (χ3n) is 32.8. The average Bonchev–Trinajstić information content (AvgIpc) is 1.46. The van der Waals surface area contributed by atoms with Gasteiger partial charge in [0.2, 0.25) is 31.5 Å². The summed E-state index contributed by atoms with van der Waals surface area (Å²) < 4.78 is 56.7. The number of esters is 5. The van der Waals surface area contributed by atoms with Crippen LogP contribution in [0.5, 0.6) is 0 Å². The Morgan fingerprint density at radius 1 is 0.328 bits per heavy atom. The van der Waals surface area contributed by atoms with E-state index in [4.69, 9.17) is 47.4 Å². The van der Waals surface area contributed by atoms with Crippen LogP contribution in [0.4, 0.5) is 0 Å². The van der Waals surface area contributed by atoms with Crippen molar-refractivity contribution in [2.24, 2.45) is 113 Å². The molecule has 5 heterocycles. The lowest BCUT2D eigenvalue weighted by Gasteiger charge is -2.55. The van der Waals surface area contributed by atoms with E-state index >= 15 is 0 Å². The van der Waals surface area contributed by atoms with Gasteiger partial charge in [-0.15, -0.1) is 0 Å². The Morgan fingerprint density at radius 2 is 0.612 bits per heavy atom. The number of fused-ring (bicyclic) bond motifs is 5. The van der Waals surface area contributed by atoms with Crippen molar-refractivity contribution in [2.45, 2.75) is 440 Å². The van der Waals surface area contributed by atoms with E-state index in [0.717, 1.165) is 83.5 Å². The molecule has 0 aromatic heterocycles. The molecule has 16 heteroatoms. The summed E-state index contributed by atoms with van der Waals surface area (Å²) in [5, 5.41) is 11.7. The molecular weight excluding hydrogens is 1460 g/mol. The van der Waals surface area contributed by atoms with Gasteiger partial charge in [0.25, 0.3) is 0 Å². The predicted molar refractivity (Wildman–Crippen MR) is 455 cm³/mol. The lowest BCUT2D eigenvalue weighted by Crippen LogP contribution is -2.55. The SMILES string of the molecule is CC(=O)O[C@@H]1O[C@H](C)[C@H]2C=C([C@@]3(C)CCCC(C)(C)C3)CC[C@@H]12.CC(=O)O[C@@H]1O[C@H](C)[C@H]2C=C([C@]3(C)CCCC(C)(C)C3)CC[C@@H]12.CC(=O)O[C@@H]1O[C@H](C)[C@H]2CC([C@@]3(C)CCCC(C)(C)C3)=CC[C@@H]12.CC(=O)O[C@@H]1O[C@H](C)[C@H]2CC([C@]3(C)CCCC(C)(C)C3)=CC[C@@H]12.CC(=O)O[C@@H]1O[C@H](C)[C@H]2C[C@@](O)(C3(C)CCCC(C)(C)C3)CC[C@@H]12. The van der Waals surface area contributed by atoms with Gasteiger partial charge in [0, 0.05) is 76.0 Å². The second-order valence-corrected chi connectivity index (χ2v) is 45.9. The Morgan fingerprint density at radius 3 is 0.931 bits per heavy atom. The Labute approximate surface area is 702 Å². The fourth-order valence-corrected chi connectivity index (χ4v) is 27.6. The van der Waals surface area contributed by atoms with E-state index in [-0.39, 0.29) is 103 Å². The highest BCUT2D eigenvalue weighted by Gasteiger charge is 2.60. The standard InChI is InChI=1S/C20H34O4.4C20H32O3/c1-13-16-11-20(22,19(5)9-6-8-18(3,4)12-19)10-7-15(16)17(23-13)24-14(2)21;4*1-13-17-11-15(20(5)10-6-9-19(3,4)12-20)7-8-16(17)18(22-13)23-14(2)21/h13,15-17,22H,6-12H2,1-5H3;2*11,13,16-18H,6-10,12H2,1-5H3;2*7,13,16-18H,6,8-12H2,1-5H3/t13-,15-,16-,17+,19?,20-;13-,16-,17-,18+,20+;13-,16-,17-,18+,20-;13-,16-,17-,18+,20+;13-,16-,17-,18+,20-/m11111/s1. The first-order valence-electron chi connectivity index (χ1n) is 46.5. The molecule has 15 aliphatic rings. The van der Waals surface area contributed by atoms with Crippen LogP contribution in [-0.4, -0.2) is 103 Å². The zero-order valence-corrected chi connectivity index (χ0v) is 77.3. The molecule has 1 unspecified atom stereocenters. The molecule has 26 atom stereocenters. The Hall–Kier alpha value is -3.93. The molecule has 10 aliphatic carbocycles. The number of ether oxygens (including phenoxy) is 10. The molecule has 0 amide bonds. The van der Waals surface area contributed by atoms with Gasteiger partial charge in [-0.1, -0.05) is 183 Å². The molecule has 15 rings (SSSR count). The van der Waals surface area contributed by atoms with Crippen LogP contribution in [0, 0.1) is 113 Å². The van der Waals surface area contributed by atoms with E-state index < -0.39 is 11.9 Å². The van der Waals surface area contributed by atoms with E-state index in [1.165, 1.54) is 150 Å². The number of aliphatic hydroxyl groups is 1. The van der Waals surface area contributed by atoms with E-state index in [1.54, 1.807) is 22.3 Å². The summed E-state index contributed by atoms with van der Waals surface area (Å²) in [6, 6.07) is 0. The summed E-state index contributed by atoms with van der Waals surface area (Å²) in [6.07, 6.45) is 45.4. The first-order valence-corrected chi connectivity index (χ1v) is 46.5. The predicted octanol–water partition coefficient (Wildman–Crippen LogP) is 23.5. The van der Waals surface area contributed by atoms with Crippen LogP contribution in [0.3, 0.4) is 0 Å². The largest absolute Gasteiger partial charge is 0.436 e. The highest BCUT2D eigenvalue weighted by Crippen LogP contribution is 2.63. The maximum absolute atomic E-state index is 11.7. The van der Waals surface area contributed by atoms with Gasteiger partial charge < -0.3 is 52.5 Å². The van der Waals surface area contributed by atoms with Gasteiger partial charge in [0.05, 0.1) is 36.1 Å². The van der Waals surface area contributed by atoms with Crippen molar-refractivity contribution >= 4 is 29.8 Å². The molecule has 5 aliphatic heterocycles. The average molecular weight is 1620 g/mol. The van der Waals surface area contributed by atoms with Crippen LogP contribution >= 0.6 is 0 Å². The Kier molecular flexibility index (Phi) is 28.6. The number of hydrogen-bond donors (Lipinski definition) is 1. The lowest BCUT2D eigenvalue weighted by molar-refractivity contribution is -0.182. The summed E-state index contributed by atoms with van der Waals surface area (Å²) in [4.78, 5) is 56.5. The third-order valence-corrected chi connectivity index (χ3v) is 32.8. The highest BCUT2D eigenvalue weighted by atomic mass is 16.7. The van der Waals surface area contributed by atoms with Gasteiger partial charge in [0.15, 0.2) is 0 Å². The zero-order chi connectivity index (χ0) is 85.1. The maximum Gasteiger partial charge on any atom is 0.304 e. The van der Waals surface area contributed by atoms with Crippen LogP contribution in [0.15, 0.2) is 46.6 Å². The lowest BCUT2D eigenvalue weighted by atomic mass is 9.52. The molecule has 0 aromatic rings. The van der Waals surface area contributed by atoms with Gasteiger partial charge in [0.1, 0.15) is 0 Å². The van der Waals surface area contributed by atoms with E-state index in [0.29, 0.717) is 96.1 Å². The third kappa shape index (κ3) is 21.6. The molecule has 6 saturated carbocycles. The molecular formula is C100H162O16.